The van der Waals surface area contributed by atoms with Crippen LogP contribution in [0.25, 0.3) is 11.5 Å². The van der Waals surface area contributed by atoms with Gasteiger partial charge in [0.1, 0.15) is 22.1 Å². The van der Waals surface area contributed by atoms with Crippen molar-refractivity contribution in [2.75, 3.05) is 13.7 Å². The number of hydrogen-bond donors (Lipinski definition) is 1. The van der Waals surface area contributed by atoms with Crippen LogP contribution >= 0.6 is 0 Å². The second-order valence-corrected chi connectivity index (χ2v) is 7.76. The molecule has 1 aromatic carbocycles. The van der Waals surface area contributed by atoms with Gasteiger partial charge < -0.3 is 13.7 Å². The number of benzene rings is 1. The fourth-order valence-electron chi connectivity index (χ4n) is 2.75. The number of methoxy groups -OCH3 is 1. The van der Waals surface area contributed by atoms with Gasteiger partial charge in [0.15, 0.2) is 5.76 Å². The van der Waals surface area contributed by atoms with Crippen LogP contribution in [0, 0.1) is 20.8 Å². The topological polar surface area (TPSA) is 107 Å². The summed E-state index contributed by atoms with van der Waals surface area (Å²) < 4.78 is 43.2. The Bertz CT molecular complexity index is 1020. The van der Waals surface area contributed by atoms with E-state index >= 15 is 0 Å². The van der Waals surface area contributed by atoms with Gasteiger partial charge in [-0.15, -0.1) is 0 Å². The summed E-state index contributed by atoms with van der Waals surface area (Å²) in [5.74, 6) is 2.14. The molecule has 2 heterocycles. The minimum atomic E-state index is -3.69. The van der Waals surface area contributed by atoms with E-state index in [0.29, 0.717) is 29.5 Å². The Morgan fingerprint density at radius 2 is 1.81 bits per heavy atom. The largest absolute Gasteiger partial charge is 0.497 e. The molecule has 8 nitrogen and oxygen atoms in total. The Kier molecular flexibility index (Phi) is 5.33. The van der Waals surface area contributed by atoms with Crippen molar-refractivity contribution in [2.45, 2.75) is 32.1 Å². The predicted octanol–water partition coefficient (Wildman–Crippen LogP) is 2.78. The lowest BCUT2D eigenvalue weighted by Gasteiger charge is -2.05. The summed E-state index contributed by atoms with van der Waals surface area (Å²) in [7, 11) is -2.09. The highest BCUT2D eigenvalue weighted by Crippen LogP contribution is 2.24. The third-order valence-electron chi connectivity index (χ3n) is 4.12. The average molecular weight is 391 g/mol. The van der Waals surface area contributed by atoms with Crippen molar-refractivity contribution >= 4 is 10.0 Å². The lowest BCUT2D eigenvalue weighted by Crippen LogP contribution is -2.27. The van der Waals surface area contributed by atoms with Crippen LogP contribution in [0.2, 0.25) is 0 Å². The Hall–Kier alpha value is -2.65. The minimum Gasteiger partial charge on any atom is -0.497 e. The van der Waals surface area contributed by atoms with Gasteiger partial charge in [0, 0.05) is 18.5 Å². The van der Waals surface area contributed by atoms with E-state index in [2.05, 4.69) is 14.9 Å². The van der Waals surface area contributed by atoms with Crippen molar-refractivity contribution in [3.8, 4) is 17.2 Å². The first kappa shape index (κ1) is 19.1. The molecule has 2 aromatic heterocycles. The highest BCUT2D eigenvalue weighted by atomic mass is 32.2. The van der Waals surface area contributed by atoms with Gasteiger partial charge in [-0.05, 0) is 45.0 Å². The van der Waals surface area contributed by atoms with Crippen LogP contribution in [0.5, 0.6) is 5.75 Å². The van der Waals surface area contributed by atoms with Crippen LogP contribution < -0.4 is 9.46 Å². The zero-order chi connectivity index (χ0) is 19.6. The average Bonchev–Trinajstić information content (AvgIpc) is 3.17. The summed E-state index contributed by atoms with van der Waals surface area (Å²) in [6.07, 6.45) is 0.397. The monoisotopic (exact) mass is 391 g/mol. The van der Waals surface area contributed by atoms with Crippen molar-refractivity contribution in [1.29, 1.82) is 0 Å². The van der Waals surface area contributed by atoms with E-state index in [9.17, 15) is 8.42 Å². The minimum absolute atomic E-state index is 0.0818. The van der Waals surface area contributed by atoms with Crippen molar-refractivity contribution in [2.24, 2.45) is 0 Å². The smallest absolute Gasteiger partial charge is 0.245 e. The van der Waals surface area contributed by atoms with Crippen LogP contribution in [-0.2, 0) is 16.4 Å². The SMILES string of the molecule is COc1ccc(-c2nc(CCNS(=O)(=O)c3c(C)noc3C)c(C)o2)cc1. The number of sulfonamides is 1. The molecule has 1 N–H and O–H groups in total. The van der Waals surface area contributed by atoms with Gasteiger partial charge in [0.2, 0.25) is 15.9 Å². The number of ether oxygens (including phenoxy) is 1. The third kappa shape index (κ3) is 4.04. The molecule has 0 fully saturated rings. The van der Waals surface area contributed by atoms with Gasteiger partial charge >= 0.3 is 0 Å². The molecule has 0 spiro atoms. The molecule has 144 valence electrons. The lowest BCUT2D eigenvalue weighted by molar-refractivity contribution is 0.390. The molecule has 0 saturated heterocycles. The summed E-state index contributed by atoms with van der Waals surface area (Å²) in [5.41, 5.74) is 1.85. The Balaban J connectivity index is 1.69. The molecule has 0 aliphatic carbocycles. The van der Waals surface area contributed by atoms with E-state index in [1.165, 1.54) is 0 Å². The highest BCUT2D eigenvalue weighted by molar-refractivity contribution is 7.89. The van der Waals surface area contributed by atoms with E-state index in [4.69, 9.17) is 13.7 Å². The number of rotatable bonds is 7. The highest BCUT2D eigenvalue weighted by Gasteiger charge is 2.24. The standard InChI is InChI=1S/C18H21N3O5S/c1-11-17(13(3)26-21-11)27(22,23)19-10-9-16-12(2)25-18(20-16)14-5-7-15(24-4)8-6-14/h5-8,19H,9-10H2,1-4H3. The molecule has 0 aliphatic rings. The molecular formula is C18H21N3O5S. The van der Waals surface area contributed by atoms with Gasteiger partial charge in [-0.3, -0.25) is 0 Å². The van der Waals surface area contributed by atoms with Crippen molar-refractivity contribution in [3.63, 3.8) is 0 Å². The lowest BCUT2D eigenvalue weighted by atomic mass is 10.2. The van der Waals surface area contributed by atoms with Crippen LogP contribution in [0.1, 0.15) is 22.9 Å². The van der Waals surface area contributed by atoms with Crippen LogP contribution in [0.15, 0.2) is 38.1 Å². The number of hydrogen-bond acceptors (Lipinski definition) is 7. The first-order valence-electron chi connectivity index (χ1n) is 8.35. The fraction of sp³-hybridized carbons (Fsp3) is 0.333. The molecule has 0 amide bonds. The zero-order valence-corrected chi connectivity index (χ0v) is 16.4. The second kappa shape index (κ2) is 7.53. The molecule has 0 bridgehead atoms. The quantitative estimate of drug-likeness (QED) is 0.660. The van der Waals surface area contributed by atoms with Crippen molar-refractivity contribution < 1.29 is 22.1 Å². The van der Waals surface area contributed by atoms with Gasteiger partial charge in [0.05, 0.1) is 12.8 Å². The molecule has 0 saturated carbocycles. The van der Waals surface area contributed by atoms with E-state index in [0.717, 1.165) is 11.3 Å². The number of aryl methyl sites for hydroxylation is 3. The van der Waals surface area contributed by atoms with Gasteiger partial charge in [-0.2, -0.15) is 0 Å². The molecule has 0 radical (unpaired) electrons. The molecule has 3 aromatic rings. The van der Waals surface area contributed by atoms with Crippen LogP contribution in [0.4, 0.5) is 0 Å². The summed E-state index contributed by atoms with van der Waals surface area (Å²) in [4.78, 5) is 4.56. The summed E-state index contributed by atoms with van der Waals surface area (Å²) in [5, 5.41) is 3.68. The Morgan fingerprint density at radius 3 is 2.41 bits per heavy atom. The molecule has 0 aliphatic heterocycles. The molecule has 0 atom stereocenters. The molecular weight excluding hydrogens is 370 g/mol. The van der Waals surface area contributed by atoms with Gasteiger partial charge in [-0.1, -0.05) is 5.16 Å². The van der Waals surface area contributed by atoms with Gasteiger partial charge in [-0.25, -0.2) is 18.1 Å². The van der Waals surface area contributed by atoms with E-state index in [-0.39, 0.29) is 17.2 Å². The fourth-order valence-corrected chi connectivity index (χ4v) is 4.11. The predicted molar refractivity (Wildman–Crippen MR) is 98.1 cm³/mol. The third-order valence-corrected chi connectivity index (χ3v) is 5.82. The Morgan fingerprint density at radius 1 is 1.11 bits per heavy atom. The maximum absolute atomic E-state index is 12.4. The van der Waals surface area contributed by atoms with E-state index < -0.39 is 10.0 Å². The normalized spacial score (nSPS) is 11.7. The van der Waals surface area contributed by atoms with E-state index in [1.54, 1.807) is 27.9 Å². The number of nitrogens with one attached hydrogen (secondary N) is 1. The first-order valence-corrected chi connectivity index (χ1v) is 9.83. The summed E-state index contributed by atoms with van der Waals surface area (Å²) in [6, 6.07) is 7.36. The van der Waals surface area contributed by atoms with Crippen molar-refractivity contribution in [3.05, 3.63) is 47.2 Å². The number of nitrogens with zero attached hydrogens (tertiary/aromatic N) is 2. The van der Waals surface area contributed by atoms with Crippen LogP contribution in [-0.4, -0.2) is 32.2 Å². The zero-order valence-electron chi connectivity index (χ0n) is 15.6. The summed E-state index contributed by atoms with van der Waals surface area (Å²) >= 11 is 0. The number of oxazole rings is 1. The molecule has 3 rings (SSSR count). The first-order chi connectivity index (χ1) is 12.8. The Labute approximate surface area is 157 Å². The van der Waals surface area contributed by atoms with E-state index in [1.807, 2.05) is 24.3 Å². The molecule has 9 heteroatoms. The number of aromatic nitrogens is 2. The maximum atomic E-state index is 12.4. The van der Waals surface area contributed by atoms with Crippen molar-refractivity contribution in [1.82, 2.24) is 14.9 Å². The second-order valence-electron chi connectivity index (χ2n) is 6.05. The van der Waals surface area contributed by atoms with Gasteiger partial charge in [0.25, 0.3) is 0 Å². The molecule has 27 heavy (non-hydrogen) atoms. The van der Waals surface area contributed by atoms with Crippen LogP contribution in [0.3, 0.4) is 0 Å². The maximum Gasteiger partial charge on any atom is 0.245 e. The molecule has 0 unspecified atom stereocenters. The summed E-state index contributed by atoms with van der Waals surface area (Å²) in [6.45, 7) is 5.14.